The van der Waals surface area contributed by atoms with E-state index >= 15 is 0 Å². The molecule has 14 heavy (non-hydrogen) atoms. The van der Waals surface area contributed by atoms with Gasteiger partial charge in [-0.05, 0) is 6.42 Å². The molecule has 1 aromatic rings. The smallest absolute Gasteiger partial charge is 0.355 e. The zero-order valence-electron chi connectivity index (χ0n) is 8.31. The van der Waals surface area contributed by atoms with Gasteiger partial charge in [0, 0.05) is 6.54 Å². The van der Waals surface area contributed by atoms with Crippen LogP contribution in [0.4, 0.5) is 0 Å². The lowest BCUT2D eigenvalue weighted by Gasteiger charge is -2.01. The zero-order chi connectivity index (χ0) is 10.4. The van der Waals surface area contributed by atoms with Crippen LogP contribution in [-0.4, -0.2) is 26.1 Å². The molecule has 0 atom stereocenters. The molecule has 0 aliphatic heterocycles. The van der Waals surface area contributed by atoms with Gasteiger partial charge in [0.05, 0.1) is 6.20 Å². The molecule has 0 saturated heterocycles. The number of unbranched alkanes of at least 4 members (excludes halogenated alkanes) is 3. The molecular weight excluding hydrogens is 182 g/mol. The number of rotatable bonds is 6. The SMILES string of the molecule is CCCCCCn1nncc1C(=O)O. The first-order chi connectivity index (χ1) is 6.75. The minimum Gasteiger partial charge on any atom is -0.476 e. The molecule has 5 heteroatoms. The highest BCUT2D eigenvalue weighted by Gasteiger charge is 2.10. The van der Waals surface area contributed by atoms with Crippen LogP contribution in [-0.2, 0) is 6.54 Å². The molecule has 78 valence electrons. The summed E-state index contributed by atoms with van der Waals surface area (Å²) in [5, 5.41) is 16.1. The number of carboxylic acid groups (broad SMARTS) is 1. The minimum absolute atomic E-state index is 0.168. The van der Waals surface area contributed by atoms with Gasteiger partial charge in [-0.1, -0.05) is 31.4 Å². The topological polar surface area (TPSA) is 68.0 Å². The molecule has 1 aromatic heterocycles. The largest absolute Gasteiger partial charge is 0.476 e. The molecular formula is C9H15N3O2. The summed E-state index contributed by atoms with van der Waals surface area (Å²) < 4.78 is 1.44. The van der Waals surface area contributed by atoms with E-state index < -0.39 is 5.97 Å². The first kappa shape index (κ1) is 10.7. The maximum Gasteiger partial charge on any atom is 0.355 e. The van der Waals surface area contributed by atoms with Gasteiger partial charge in [0.15, 0.2) is 5.69 Å². The number of carbonyl (C=O) groups is 1. The van der Waals surface area contributed by atoms with Gasteiger partial charge in [-0.3, -0.25) is 0 Å². The molecule has 1 rings (SSSR count). The Hall–Kier alpha value is -1.39. The molecule has 0 amide bonds. The molecule has 0 aliphatic carbocycles. The molecule has 0 aliphatic rings. The Bertz CT molecular complexity index is 296. The lowest BCUT2D eigenvalue weighted by Crippen LogP contribution is -2.10. The Morgan fingerprint density at radius 3 is 2.93 bits per heavy atom. The summed E-state index contributed by atoms with van der Waals surface area (Å²) in [5.41, 5.74) is 0.168. The lowest BCUT2D eigenvalue weighted by atomic mass is 10.2. The van der Waals surface area contributed by atoms with Crippen molar-refractivity contribution in [3.05, 3.63) is 11.9 Å². The molecule has 1 heterocycles. The Morgan fingerprint density at radius 1 is 1.50 bits per heavy atom. The molecule has 0 bridgehead atoms. The van der Waals surface area contributed by atoms with Crippen LogP contribution in [0.5, 0.6) is 0 Å². The normalized spacial score (nSPS) is 10.4. The number of nitrogens with zero attached hydrogens (tertiary/aromatic N) is 3. The van der Waals surface area contributed by atoms with Gasteiger partial charge in [-0.25, -0.2) is 9.48 Å². The number of hydrogen-bond acceptors (Lipinski definition) is 3. The lowest BCUT2D eigenvalue weighted by molar-refractivity contribution is 0.0683. The maximum absolute atomic E-state index is 10.7. The second-order valence-corrected chi connectivity index (χ2v) is 3.21. The van der Waals surface area contributed by atoms with E-state index in [2.05, 4.69) is 17.2 Å². The quantitative estimate of drug-likeness (QED) is 0.702. The second-order valence-electron chi connectivity index (χ2n) is 3.21. The van der Waals surface area contributed by atoms with E-state index in [-0.39, 0.29) is 5.69 Å². The van der Waals surface area contributed by atoms with Gasteiger partial charge in [-0.2, -0.15) is 0 Å². The Labute approximate surface area is 82.7 Å². The van der Waals surface area contributed by atoms with E-state index in [1.807, 2.05) is 0 Å². The molecule has 0 fully saturated rings. The predicted molar refractivity (Wildman–Crippen MR) is 51.1 cm³/mol. The van der Waals surface area contributed by atoms with Crippen LogP contribution < -0.4 is 0 Å². The van der Waals surface area contributed by atoms with Gasteiger partial charge < -0.3 is 5.11 Å². The molecule has 0 aromatic carbocycles. The van der Waals surface area contributed by atoms with E-state index in [1.165, 1.54) is 23.7 Å². The summed E-state index contributed by atoms with van der Waals surface area (Å²) in [7, 11) is 0. The molecule has 0 saturated carbocycles. The van der Waals surface area contributed by atoms with Crippen molar-refractivity contribution >= 4 is 5.97 Å². The average Bonchev–Trinajstić information content (AvgIpc) is 2.60. The molecule has 0 radical (unpaired) electrons. The fourth-order valence-corrected chi connectivity index (χ4v) is 1.28. The van der Waals surface area contributed by atoms with Crippen molar-refractivity contribution < 1.29 is 9.90 Å². The highest BCUT2D eigenvalue weighted by atomic mass is 16.4. The van der Waals surface area contributed by atoms with E-state index in [0.29, 0.717) is 6.54 Å². The van der Waals surface area contributed by atoms with Gasteiger partial charge >= 0.3 is 5.97 Å². The van der Waals surface area contributed by atoms with Gasteiger partial charge in [0.1, 0.15) is 0 Å². The Kier molecular flexibility index (Phi) is 4.10. The van der Waals surface area contributed by atoms with Crippen LogP contribution in [0.15, 0.2) is 6.20 Å². The van der Waals surface area contributed by atoms with E-state index in [0.717, 1.165) is 12.8 Å². The summed E-state index contributed by atoms with van der Waals surface area (Å²) in [6.07, 6.45) is 5.69. The number of aryl methyl sites for hydroxylation is 1. The number of aromatic nitrogens is 3. The van der Waals surface area contributed by atoms with Crippen molar-refractivity contribution in [2.24, 2.45) is 0 Å². The van der Waals surface area contributed by atoms with Crippen molar-refractivity contribution in [1.82, 2.24) is 15.0 Å². The third-order valence-electron chi connectivity index (χ3n) is 2.06. The maximum atomic E-state index is 10.7. The Balaban J connectivity index is 2.42. The summed E-state index contributed by atoms with van der Waals surface area (Å²) in [4.78, 5) is 10.7. The monoisotopic (exact) mass is 197 g/mol. The van der Waals surface area contributed by atoms with E-state index in [1.54, 1.807) is 0 Å². The van der Waals surface area contributed by atoms with Crippen molar-refractivity contribution in [3.63, 3.8) is 0 Å². The summed E-state index contributed by atoms with van der Waals surface area (Å²) in [5.74, 6) is -0.967. The van der Waals surface area contributed by atoms with Crippen LogP contribution in [0.3, 0.4) is 0 Å². The van der Waals surface area contributed by atoms with Gasteiger partial charge in [0.25, 0.3) is 0 Å². The summed E-state index contributed by atoms with van der Waals surface area (Å²) >= 11 is 0. The van der Waals surface area contributed by atoms with Crippen LogP contribution in [0.25, 0.3) is 0 Å². The standard InChI is InChI=1S/C9H15N3O2/c1-2-3-4-5-6-12-8(9(13)14)7-10-11-12/h7H,2-6H2,1H3,(H,13,14). The minimum atomic E-state index is -0.967. The average molecular weight is 197 g/mol. The number of aromatic carboxylic acids is 1. The first-order valence-corrected chi connectivity index (χ1v) is 4.87. The third kappa shape index (κ3) is 2.83. The van der Waals surface area contributed by atoms with Crippen molar-refractivity contribution in [2.75, 3.05) is 0 Å². The van der Waals surface area contributed by atoms with Crippen LogP contribution in [0.2, 0.25) is 0 Å². The fourth-order valence-electron chi connectivity index (χ4n) is 1.28. The molecule has 5 nitrogen and oxygen atoms in total. The van der Waals surface area contributed by atoms with Crippen molar-refractivity contribution in [2.45, 2.75) is 39.2 Å². The number of hydrogen-bond donors (Lipinski definition) is 1. The number of carboxylic acids is 1. The highest BCUT2D eigenvalue weighted by Crippen LogP contribution is 2.03. The fraction of sp³-hybridized carbons (Fsp3) is 0.667. The second kappa shape index (κ2) is 5.36. The van der Waals surface area contributed by atoms with Gasteiger partial charge in [-0.15, -0.1) is 5.10 Å². The molecule has 0 unspecified atom stereocenters. The van der Waals surface area contributed by atoms with Crippen molar-refractivity contribution in [1.29, 1.82) is 0 Å². The van der Waals surface area contributed by atoms with Crippen LogP contribution in [0, 0.1) is 0 Å². The zero-order valence-corrected chi connectivity index (χ0v) is 8.31. The predicted octanol–water partition coefficient (Wildman–Crippen LogP) is 1.56. The van der Waals surface area contributed by atoms with Crippen LogP contribution >= 0.6 is 0 Å². The Morgan fingerprint density at radius 2 is 2.29 bits per heavy atom. The molecule has 1 N–H and O–H groups in total. The third-order valence-corrected chi connectivity index (χ3v) is 2.06. The molecule has 0 spiro atoms. The first-order valence-electron chi connectivity index (χ1n) is 4.87. The van der Waals surface area contributed by atoms with E-state index in [9.17, 15) is 4.79 Å². The highest BCUT2D eigenvalue weighted by molar-refractivity contribution is 5.85. The van der Waals surface area contributed by atoms with Gasteiger partial charge in [0.2, 0.25) is 0 Å². The van der Waals surface area contributed by atoms with Crippen LogP contribution in [0.1, 0.15) is 43.1 Å². The summed E-state index contributed by atoms with van der Waals surface area (Å²) in [6, 6.07) is 0. The van der Waals surface area contributed by atoms with Crippen molar-refractivity contribution in [3.8, 4) is 0 Å². The van der Waals surface area contributed by atoms with E-state index in [4.69, 9.17) is 5.11 Å². The summed E-state index contributed by atoms with van der Waals surface area (Å²) in [6.45, 7) is 2.78.